The smallest absolute Gasteiger partial charge is 0.291 e. The number of ether oxygens (including phenoxy) is 2. The normalized spacial score (nSPS) is 15.9. The van der Waals surface area contributed by atoms with Crippen molar-refractivity contribution in [1.29, 1.82) is 0 Å². The van der Waals surface area contributed by atoms with Crippen molar-refractivity contribution >= 4 is 40.1 Å². The van der Waals surface area contributed by atoms with Crippen LogP contribution in [0.25, 0.3) is 22.0 Å². The molecule has 1 aromatic heterocycles. The molecule has 12 heteroatoms. The fourth-order valence-electron chi connectivity index (χ4n) is 4.84. The molecule has 2 fully saturated rings. The SMILES string of the molecule is C=CC(=O)N1CCN(c2nc(C(=O)N3CCOCC3)nc3c(F)c(-c4c(F)cccc4OC)c(Cl)cc23)CC1. The van der Waals surface area contributed by atoms with Crippen LogP contribution in [0.4, 0.5) is 14.6 Å². The Hall–Kier alpha value is -3.83. The van der Waals surface area contributed by atoms with Crippen LogP contribution < -0.4 is 9.64 Å². The van der Waals surface area contributed by atoms with E-state index in [9.17, 15) is 14.0 Å². The number of carbonyl (C=O) groups excluding carboxylic acids is 2. The van der Waals surface area contributed by atoms with Crippen LogP contribution in [0.2, 0.25) is 5.02 Å². The van der Waals surface area contributed by atoms with Crippen LogP contribution in [0, 0.1) is 11.6 Å². The Bertz CT molecular complexity index is 1460. The lowest BCUT2D eigenvalue weighted by Crippen LogP contribution is -2.48. The van der Waals surface area contributed by atoms with Crippen LogP contribution in [0.15, 0.2) is 36.9 Å². The van der Waals surface area contributed by atoms with Crippen molar-refractivity contribution in [2.75, 3.05) is 64.5 Å². The van der Waals surface area contributed by atoms with Crippen LogP contribution in [0.5, 0.6) is 5.75 Å². The largest absolute Gasteiger partial charge is 0.496 e. The highest BCUT2D eigenvalue weighted by atomic mass is 35.5. The lowest BCUT2D eigenvalue weighted by Gasteiger charge is -2.35. The third kappa shape index (κ3) is 4.99. The average molecular weight is 558 g/mol. The molecule has 2 amide bonds. The summed E-state index contributed by atoms with van der Waals surface area (Å²) in [6.45, 7) is 6.46. The molecule has 2 aliphatic rings. The molecule has 5 rings (SSSR count). The fourth-order valence-corrected chi connectivity index (χ4v) is 5.13. The molecular weight excluding hydrogens is 532 g/mol. The Morgan fingerprint density at radius 1 is 1.05 bits per heavy atom. The highest BCUT2D eigenvalue weighted by Crippen LogP contribution is 2.42. The Kier molecular flexibility index (Phi) is 7.62. The van der Waals surface area contributed by atoms with Crippen molar-refractivity contribution in [3.8, 4) is 16.9 Å². The maximum Gasteiger partial charge on any atom is 0.291 e. The van der Waals surface area contributed by atoms with Crippen molar-refractivity contribution < 1.29 is 27.8 Å². The maximum atomic E-state index is 16.3. The van der Waals surface area contributed by atoms with Crippen molar-refractivity contribution in [2.24, 2.45) is 0 Å². The number of fused-ring (bicyclic) bond motifs is 1. The Balaban J connectivity index is 1.68. The van der Waals surface area contributed by atoms with Gasteiger partial charge in [-0.15, -0.1) is 0 Å². The highest BCUT2D eigenvalue weighted by molar-refractivity contribution is 6.34. The van der Waals surface area contributed by atoms with Crippen LogP contribution in [-0.4, -0.2) is 91.2 Å². The number of carbonyl (C=O) groups is 2. The lowest BCUT2D eigenvalue weighted by molar-refractivity contribution is -0.126. The monoisotopic (exact) mass is 557 g/mol. The zero-order valence-corrected chi connectivity index (χ0v) is 22.0. The van der Waals surface area contributed by atoms with E-state index in [1.807, 2.05) is 4.90 Å². The Labute approximate surface area is 228 Å². The zero-order valence-electron chi connectivity index (χ0n) is 21.3. The van der Waals surface area contributed by atoms with Crippen molar-refractivity contribution in [3.63, 3.8) is 0 Å². The first-order valence-electron chi connectivity index (χ1n) is 12.4. The summed E-state index contributed by atoms with van der Waals surface area (Å²) in [5.74, 6) is -2.09. The van der Waals surface area contributed by atoms with E-state index in [0.29, 0.717) is 58.3 Å². The number of methoxy groups -OCH3 is 1. The van der Waals surface area contributed by atoms with Crippen LogP contribution in [0.3, 0.4) is 0 Å². The van der Waals surface area contributed by atoms with Gasteiger partial charge >= 0.3 is 0 Å². The van der Waals surface area contributed by atoms with Gasteiger partial charge in [0.15, 0.2) is 5.82 Å². The first kappa shape index (κ1) is 26.8. The minimum atomic E-state index is -0.902. The predicted octanol–water partition coefficient (Wildman–Crippen LogP) is 3.54. The van der Waals surface area contributed by atoms with Crippen molar-refractivity contribution in [1.82, 2.24) is 19.8 Å². The first-order valence-corrected chi connectivity index (χ1v) is 12.8. The molecule has 0 radical (unpaired) electrons. The molecule has 0 atom stereocenters. The van der Waals surface area contributed by atoms with E-state index < -0.39 is 17.5 Å². The molecule has 0 unspecified atom stereocenters. The summed E-state index contributed by atoms with van der Waals surface area (Å²) < 4.78 is 41.9. The maximum absolute atomic E-state index is 16.3. The van der Waals surface area contributed by atoms with E-state index in [0.717, 1.165) is 0 Å². The average Bonchev–Trinajstić information content (AvgIpc) is 2.97. The summed E-state index contributed by atoms with van der Waals surface area (Å²) >= 11 is 6.57. The van der Waals surface area contributed by atoms with Crippen molar-refractivity contribution in [3.05, 3.63) is 59.4 Å². The number of morpholine rings is 1. The van der Waals surface area contributed by atoms with Gasteiger partial charge in [-0.25, -0.2) is 18.7 Å². The van der Waals surface area contributed by atoms with Gasteiger partial charge in [0.05, 0.1) is 30.9 Å². The minimum absolute atomic E-state index is 0.0685. The molecule has 0 aliphatic carbocycles. The molecule has 0 N–H and O–H groups in total. The fraction of sp³-hybridized carbons (Fsp3) is 0.333. The summed E-state index contributed by atoms with van der Waals surface area (Å²) in [4.78, 5) is 39.4. The number of piperazine rings is 1. The molecule has 0 bridgehead atoms. The second-order valence-corrected chi connectivity index (χ2v) is 9.46. The van der Waals surface area contributed by atoms with E-state index in [2.05, 4.69) is 16.5 Å². The van der Waals surface area contributed by atoms with Gasteiger partial charge in [0, 0.05) is 50.2 Å². The first-order chi connectivity index (χ1) is 18.8. The number of hydrogen-bond donors (Lipinski definition) is 0. The molecule has 2 aliphatic heterocycles. The minimum Gasteiger partial charge on any atom is -0.496 e. The number of hydrogen-bond acceptors (Lipinski definition) is 7. The standard InChI is InChI=1S/C27H26ClF2N5O4/c1-3-20(36)33-7-9-34(10-8-33)26-16-15-17(28)21(22-18(29)5-4-6-19(22)38-2)23(30)24(16)31-25(32-26)27(37)35-11-13-39-14-12-35/h3-6,15H,1,7-14H2,2H3. The van der Waals surface area contributed by atoms with Crippen LogP contribution in [0.1, 0.15) is 10.6 Å². The summed E-state index contributed by atoms with van der Waals surface area (Å²) in [5.41, 5.74) is -0.553. The Morgan fingerprint density at radius 3 is 2.44 bits per heavy atom. The van der Waals surface area contributed by atoms with Gasteiger partial charge in [-0.2, -0.15) is 0 Å². The Morgan fingerprint density at radius 2 is 1.77 bits per heavy atom. The second-order valence-electron chi connectivity index (χ2n) is 9.05. The van der Waals surface area contributed by atoms with E-state index in [1.54, 1.807) is 9.80 Å². The zero-order chi connectivity index (χ0) is 27.7. The van der Waals surface area contributed by atoms with Crippen molar-refractivity contribution in [2.45, 2.75) is 0 Å². The number of amides is 2. The summed E-state index contributed by atoms with van der Waals surface area (Å²) in [6, 6.07) is 5.60. The van der Waals surface area contributed by atoms with E-state index >= 15 is 4.39 Å². The van der Waals surface area contributed by atoms with E-state index in [-0.39, 0.29) is 44.5 Å². The third-order valence-electron chi connectivity index (χ3n) is 6.86. The second kappa shape index (κ2) is 11.1. The summed E-state index contributed by atoms with van der Waals surface area (Å²) in [6.07, 6.45) is 1.25. The molecule has 9 nitrogen and oxygen atoms in total. The third-order valence-corrected chi connectivity index (χ3v) is 7.16. The van der Waals surface area contributed by atoms with Gasteiger partial charge in [0.2, 0.25) is 11.7 Å². The molecule has 3 aromatic rings. The van der Waals surface area contributed by atoms with Gasteiger partial charge in [0.25, 0.3) is 5.91 Å². The number of benzene rings is 2. The van der Waals surface area contributed by atoms with Gasteiger partial charge in [-0.1, -0.05) is 24.2 Å². The van der Waals surface area contributed by atoms with Gasteiger partial charge < -0.3 is 24.2 Å². The molecule has 2 aromatic carbocycles. The molecule has 0 spiro atoms. The predicted molar refractivity (Wildman–Crippen MR) is 142 cm³/mol. The number of anilines is 1. The quantitative estimate of drug-likeness (QED) is 0.443. The molecule has 204 valence electrons. The summed E-state index contributed by atoms with van der Waals surface area (Å²) in [7, 11) is 1.35. The van der Waals surface area contributed by atoms with Crippen LogP contribution >= 0.6 is 11.6 Å². The molecule has 2 saturated heterocycles. The summed E-state index contributed by atoms with van der Waals surface area (Å²) in [5, 5.41) is 0.194. The van der Waals surface area contributed by atoms with E-state index in [4.69, 9.17) is 21.1 Å². The van der Waals surface area contributed by atoms with E-state index in [1.165, 1.54) is 37.5 Å². The molecule has 3 heterocycles. The highest BCUT2D eigenvalue weighted by Gasteiger charge is 2.30. The number of nitrogens with zero attached hydrogens (tertiary/aromatic N) is 5. The molecule has 0 saturated carbocycles. The lowest BCUT2D eigenvalue weighted by atomic mass is 10.0. The molecule has 39 heavy (non-hydrogen) atoms. The number of aromatic nitrogens is 2. The van der Waals surface area contributed by atoms with Gasteiger partial charge in [-0.05, 0) is 24.3 Å². The van der Waals surface area contributed by atoms with Gasteiger partial charge in [0.1, 0.15) is 22.9 Å². The number of halogens is 3. The molecular formula is C27H26ClF2N5O4. The van der Waals surface area contributed by atoms with Gasteiger partial charge in [-0.3, -0.25) is 9.59 Å². The number of rotatable bonds is 5. The topological polar surface area (TPSA) is 88.1 Å². The van der Waals surface area contributed by atoms with Crippen LogP contribution in [-0.2, 0) is 9.53 Å².